The molecule has 0 spiro atoms. The average molecular weight is 226 g/mol. The average Bonchev–Trinajstić information content (AvgIpc) is 2.29. The first-order valence-corrected chi connectivity index (χ1v) is 6.47. The van der Waals surface area contributed by atoms with Crippen LogP contribution >= 0.6 is 0 Å². The van der Waals surface area contributed by atoms with Crippen LogP contribution in [0.3, 0.4) is 0 Å². The molecule has 2 unspecified atom stereocenters. The van der Waals surface area contributed by atoms with E-state index in [9.17, 15) is 4.79 Å². The molecule has 16 heavy (non-hydrogen) atoms. The zero-order valence-corrected chi connectivity index (χ0v) is 11.1. The summed E-state index contributed by atoms with van der Waals surface area (Å²) in [5.74, 6) is 0.605. The predicted molar refractivity (Wildman–Crippen MR) is 67.5 cm³/mol. The third-order valence-electron chi connectivity index (χ3n) is 3.17. The van der Waals surface area contributed by atoms with Gasteiger partial charge in [-0.25, -0.2) is 4.79 Å². The molecule has 1 fully saturated rings. The van der Waals surface area contributed by atoms with Crippen molar-refractivity contribution in [3.8, 4) is 0 Å². The highest BCUT2D eigenvalue weighted by Gasteiger charge is 2.23. The fourth-order valence-corrected chi connectivity index (χ4v) is 2.25. The van der Waals surface area contributed by atoms with Crippen LogP contribution in [0.5, 0.6) is 0 Å². The lowest BCUT2D eigenvalue weighted by molar-refractivity contribution is 0.222. The van der Waals surface area contributed by atoms with E-state index in [1.807, 2.05) is 20.8 Å². The highest BCUT2D eigenvalue weighted by molar-refractivity contribution is 5.75. The van der Waals surface area contributed by atoms with Crippen LogP contribution < -0.4 is 10.6 Å². The maximum Gasteiger partial charge on any atom is 0.315 e. The van der Waals surface area contributed by atoms with Crippen LogP contribution in [0, 0.1) is 5.92 Å². The molecule has 0 saturated heterocycles. The van der Waals surface area contributed by atoms with Crippen LogP contribution in [0.25, 0.3) is 0 Å². The summed E-state index contributed by atoms with van der Waals surface area (Å²) in [5, 5.41) is 6.07. The van der Waals surface area contributed by atoms with Crippen LogP contribution in [0.15, 0.2) is 0 Å². The number of nitrogens with one attached hydrogen (secondary N) is 2. The van der Waals surface area contributed by atoms with E-state index in [0.29, 0.717) is 12.0 Å². The molecule has 1 aliphatic rings. The SMILES string of the molecule is CC1CCCCCC1NC(=O)NC(C)(C)C. The van der Waals surface area contributed by atoms with Crippen molar-refractivity contribution in [3.05, 3.63) is 0 Å². The van der Waals surface area contributed by atoms with Crippen molar-refractivity contribution in [1.29, 1.82) is 0 Å². The van der Waals surface area contributed by atoms with E-state index in [-0.39, 0.29) is 11.6 Å². The summed E-state index contributed by atoms with van der Waals surface area (Å²) in [4.78, 5) is 11.8. The predicted octanol–water partition coefficient (Wildman–Crippen LogP) is 3.05. The molecule has 94 valence electrons. The molecule has 2 amide bonds. The van der Waals surface area contributed by atoms with Gasteiger partial charge in [0.15, 0.2) is 0 Å². The van der Waals surface area contributed by atoms with Gasteiger partial charge in [0.25, 0.3) is 0 Å². The molecule has 2 N–H and O–H groups in total. The van der Waals surface area contributed by atoms with Crippen molar-refractivity contribution in [2.45, 2.75) is 71.4 Å². The van der Waals surface area contributed by atoms with Gasteiger partial charge in [-0.15, -0.1) is 0 Å². The molecule has 0 aliphatic heterocycles. The lowest BCUT2D eigenvalue weighted by Crippen LogP contribution is -2.50. The minimum Gasteiger partial charge on any atom is -0.335 e. The molecule has 3 heteroatoms. The number of urea groups is 1. The normalized spacial score (nSPS) is 27.0. The van der Waals surface area contributed by atoms with Gasteiger partial charge >= 0.3 is 6.03 Å². The molecule has 0 aromatic carbocycles. The second-order valence-electron chi connectivity index (χ2n) is 6.07. The lowest BCUT2D eigenvalue weighted by Gasteiger charge is -2.26. The van der Waals surface area contributed by atoms with Gasteiger partial charge in [0.05, 0.1) is 0 Å². The first-order valence-electron chi connectivity index (χ1n) is 6.47. The largest absolute Gasteiger partial charge is 0.335 e. The fourth-order valence-electron chi connectivity index (χ4n) is 2.25. The number of hydrogen-bond acceptors (Lipinski definition) is 1. The Hall–Kier alpha value is -0.730. The van der Waals surface area contributed by atoms with E-state index in [1.54, 1.807) is 0 Å². The highest BCUT2D eigenvalue weighted by Crippen LogP contribution is 2.22. The number of carbonyl (C=O) groups excluding carboxylic acids is 1. The summed E-state index contributed by atoms with van der Waals surface area (Å²) >= 11 is 0. The first kappa shape index (κ1) is 13.3. The third-order valence-corrected chi connectivity index (χ3v) is 3.17. The van der Waals surface area contributed by atoms with Crippen molar-refractivity contribution in [3.63, 3.8) is 0 Å². The zero-order chi connectivity index (χ0) is 12.2. The monoisotopic (exact) mass is 226 g/mol. The van der Waals surface area contributed by atoms with Gasteiger partial charge in [0.2, 0.25) is 0 Å². The van der Waals surface area contributed by atoms with Crippen molar-refractivity contribution >= 4 is 6.03 Å². The smallest absolute Gasteiger partial charge is 0.315 e. The second-order valence-corrected chi connectivity index (χ2v) is 6.07. The fraction of sp³-hybridized carbons (Fsp3) is 0.923. The summed E-state index contributed by atoms with van der Waals surface area (Å²) in [7, 11) is 0. The molecule has 0 aromatic heterocycles. The Balaban J connectivity index is 2.42. The Labute approximate surface area is 99.4 Å². The maximum atomic E-state index is 11.8. The lowest BCUT2D eigenvalue weighted by atomic mass is 9.97. The Kier molecular flexibility index (Phi) is 4.63. The third kappa shape index (κ3) is 4.86. The Morgan fingerprint density at radius 3 is 2.38 bits per heavy atom. The molecule has 2 atom stereocenters. The summed E-state index contributed by atoms with van der Waals surface area (Å²) in [6.07, 6.45) is 6.22. The molecule has 0 aromatic rings. The summed E-state index contributed by atoms with van der Waals surface area (Å²) < 4.78 is 0. The second kappa shape index (κ2) is 5.55. The quantitative estimate of drug-likeness (QED) is 0.663. The minimum absolute atomic E-state index is 0.0220. The number of hydrogen-bond donors (Lipinski definition) is 2. The summed E-state index contributed by atoms with van der Waals surface area (Å²) in [6.45, 7) is 8.25. The van der Waals surface area contributed by atoms with E-state index >= 15 is 0 Å². The van der Waals surface area contributed by atoms with Crippen molar-refractivity contribution < 1.29 is 4.79 Å². The molecule has 1 aliphatic carbocycles. The van der Waals surface area contributed by atoms with E-state index in [2.05, 4.69) is 17.6 Å². The first-order chi connectivity index (χ1) is 7.38. The summed E-state index contributed by atoms with van der Waals surface area (Å²) in [6, 6.07) is 0.330. The molecular weight excluding hydrogens is 200 g/mol. The van der Waals surface area contributed by atoms with Crippen LogP contribution in [0.2, 0.25) is 0 Å². The Bertz CT molecular complexity index is 233. The molecule has 1 saturated carbocycles. The van der Waals surface area contributed by atoms with E-state index < -0.39 is 0 Å². The molecule has 0 heterocycles. The van der Waals surface area contributed by atoms with Crippen molar-refractivity contribution in [1.82, 2.24) is 10.6 Å². The zero-order valence-electron chi connectivity index (χ0n) is 11.1. The Morgan fingerprint density at radius 1 is 1.12 bits per heavy atom. The van der Waals surface area contributed by atoms with Crippen molar-refractivity contribution in [2.24, 2.45) is 5.92 Å². The van der Waals surface area contributed by atoms with Crippen LogP contribution in [0.1, 0.15) is 59.8 Å². The molecule has 1 rings (SSSR count). The van der Waals surface area contributed by atoms with Crippen LogP contribution in [-0.2, 0) is 0 Å². The van der Waals surface area contributed by atoms with Crippen LogP contribution in [0.4, 0.5) is 4.79 Å². The van der Waals surface area contributed by atoms with Gasteiger partial charge in [0.1, 0.15) is 0 Å². The topological polar surface area (TPSA) is 41.1 Å². The number of rotatable bonds is 1. The minimum atomic E-state index is -0.155. The van der Waals surface area contributed by atoms with Gasteiger partial charge in [-0.1, -0.05) is 26.2 Å². The van der Waals surface area contributed by atoms with Gasteiger partial charge in [-0.2, -0.15) is 0 Å². The van der Waals surface area contributed by atoms with E-state index in [1.165, 1.54) is 25.7 Å². The maximum absolute atomic E-state index is 11.8. The highest BCUT2D eigenvalue weighted by atomic mass is 16.2. The van der Waals surface area contributed by atoms with Gasteiger partial charge < -0.3 is 10.6 Å². The van der Waals surface area contributed by atoms with Gasteiger partial charge in [-0.3, -0.25) is 0 Å². The molecule has 0 radical (unpaired) electrons. The standard InChI is InChI=1S/C13H26N2O/c1-10-8-6-5-7-9-11(10)14-12(16)15-13(2,3)4/h10-11H,5-9H2,1-4H3,(H2,14,15,16). The molecule has 0 bridgehead atoms. The molecular formula is C13H26N2O. The van der Waals surface area contributed by atoms with Crippen LogP contribution in [-0.4, -0.2) is 17.6 Å². The van der Waals surface area contributed by atoms with Gasteiger partial charge in [0, 0.05) is 11.6 Å². The van der Waals surface area contributed by atoms with E-state index in [0.717, 1.165) is 6.42 Å². The number of carbonyl (C=O) groups is 1. The summed E-state index contributed by atoms with van der Waals surface area (Å²) in [5.41, 5.74) is -0.155. The molecule has 3 nitrogen and oxygen atoms in total. The Morgan fingerprint density at radius 2 is 1.75 bits per heavy atom. The van der Waals surface area contributed by atoms with E-state index in [4.69, 9.17) is 0 Å². The van der Waals surface area contributed by atoms with Gasteiger partial charge in [-0.05, 0) is 39.5 Å². The van der Waals surface area contributed by atoms with Crippen molar-refractivity contribution in [2.75, 3.05) is 0 Å². The number of amides is 2.